The molecule has 4 rings (SSSR count). The molecule has 3 aromatic rings. The highest BCUT2D eigenvalue weighted by atomic mass is 32.2. The maximum absolute atomic E-state index is 13.0. The van der Waals surface area contributed by atoms with Gasteiger partial charge in [-0.3, -0.25) is 9.69 Å². The lowest BCUT2D eigenvalue weighted by molar-refractivity contribution is -0.113. The summed E-state index contributed by atoms with van der Waals surface area (Å²) in [7, 11) is 0. The Hall–Kier alpha value is -3.09. The minimum Gasteiger partial charge on any atom is -0.490 e. The lowest BCUT2D eigenvalue weighted by atomic mass is 10.1. The van der Waals surface area contributed by atoms with Gasteiger partial charge in [-0.25, -0.2) is 0 Å². The topological polar surface area (TPSA) is 38.8 Å². The summed E-state index contributed by atoms with van der Waals surface area (Å²) in [4.78, 5) is 15.1. The Kier molecular flexibility index (Phi) is 6.93. The van der Waals surface area contributed by atoms with E-state index in [4.69, 9.17) is 21.7 Å². The first-order valence-electron chi connectivity index (χ1n) is 10.3. The van der Waals surface area contributed by atoms with Gasteiger partial charge in [0.25, 0.3) is 5.91 Å². The normalized spacial score (nSPS) is 14.8. The molecule has 0 bridgehead atoms. The van der Waals surface area contributed by atoms with E-state index in [9.17, 15) is 4.79 Å². The summed E-state index contributed by atoms with van der Waals surface area (Å²) >= 11 is 6.76. The van der Waals surface area contributed by atoms with Gasteiger partial charge in [0, 0.05) is 0 Å². The van der Waals surface area contributed by atoms with Gasteiger partial charge in [-0.1, -0.05) is 72.5 Å². The summed E-state index contributed by atoms with van der Waals surface area (Å²) in [5.74, 6) is 1.20. The van der Waals surface area contributed by atoms with E-state index in [0.717, 1.165) is 16.8 Å². The maximum Gasteiger partial charge on any atom is 0.270 e. The first kappa shape index (κ1) is 22.1. The van der Waals surface area contributed by atoms with Crippen molar-refractivity contribution in [3.63, 3.8) is 0 Å². The van der Waals surface area contributed by atoms with Crippen LogP contribution in [0.1, 0.15) is 23.6 Å². The number of benzene rings is 3. The number of anilines is 1. The molecule has 162 valence electrons. The second-order valence-corrected chi connectivity index (χ2v) is 8.88. The molecule has 3 aromatic carbocycles. The molecule has 4 nitrogen and oxygen atoms in total. The molecule has 1 aliphatic heterocycles. The number of carbonyl (C=O) groups excluding carboxylic acids is 1. The summed E-state index contributed by atoms with van der Waals surface area (Å²) in [5.41, 5.74) is 3.93. The van der Waals surface area contributed by atoms with Crippen LogP contribution < -0.4 is 14.4 Å². The minimum absolute atomic E-state index is 0.121. The number of nitrogens with zero attached hydrogens (tertiary/aromatic N) is 1. The maximum atomic E-state index is 13.0. The third kappa shape index (κ3) is 4.87. The van der Waals surface area contributed by atoms with Crippen molar-refractivity contribution in [2.45, 2.75) is 20.5 Å². The average Bonchev–Trinajstić information content (AvgIpc) is 3.07. The van der Waals surface area contributed by atoms with Gasteiger partial charge in [-0.2, -0.15) is 0 Å². The fourth-order valence-corrected chi connectivity index (χ4v) is 4.65. The van der Waals surface area contributed by atoms with Gasteiger partial charge < -0.3 is 9.47 Å². The zero-order valence-electron chi connectivity index (χ0n) is 17.9. The zero-order chi connectivity index (χ0) is 22.5. The zero-order valence-corrected chi connectivity index (χ0v) is 19.5. The van der Waals surface area contributed by atoms with E-state index in [2.05, 4.69) is 19.1 Å². The third-order valence-electron chi connectivity index (χ3n) is 5.02. The molecule has 32 heavy (non-hydrogen) atoms. The van der Waals surface area contributed by atoms with Gasteiger partial charge in [0.15, 0.2) is 15.8 Å². The molecule has 0 atom stereocenters. The SMILES string of the molecule is CCOc1cc(/C=C2\SC(=S)N(c3ccccc3)C2=O)ccc1OCc1ccccc1C. The Morgan fingerprint density at radius 2 is 1.72 bits per heavy atom. The number of para-hydroxylation sites is 1. The van der Waals surface area contributed by atoms with Crippen LogP contribution in [0.5, 0.6) is 11.5 Å². The molecule has 1 aliphatic rings. The van der Waals surface area contributed by atoms with Gasteiger partial charge in [0.05, 0.1) is 17.2 Å². The Morgan fingerprint density at radius 1 is 0.969 bits per heavy atom. The fraction of sp³-hybridized carbons (Fsp3) is 0.154. The molecule has 6 heteroatoms. The van der Waals surface area contributed by atoms with Crippen LogP contribution in [0.2, 0.25) is 0 Å². The number of amides is 1. The third-order valence-corrected chi connectivity index (χ3v) is 6.32. The van der Waals surface area contributed by atoms with Crippen LogP contribution in [0.25, 0.3) is 6.08 Å². The first-order valence-corrected chi connectivity index (χ1v) is 11.6. The molecule has 0 spiro atoms. The number of thiocarbonyl (C=S) groups is 1. The Balaban J connectivity index is 1.56. The van der Waals surface area contributed by atoms with E-state index >= 15 is 0 Å². The lowest BCUT2D eigenvalue weighted by Crippen LogP contribution is -2.27. The van der Waals surface area contributed by atoms with Gasteiger partial charge in [-0.15, -0.1) is 0 Å². The molecule has 0 unspecified atom stereocenters. The first-order chi connectivity index (χ1) is 15.6. The summed E-state index contributed by atoms with van der Waals surface area (Å²) in [6.07, 6.45) is 1.84. The van der Waals surface area contributed by atoms with Crippen molar-refractivity contribution in [2.75, 3.05) is 11.5 Å². The van der Waals surface area contributed by atoms with E-state index in [1.807, 2.05) is 73.7 Å². The van der Waals surface area contributed by atoms with Crippen molar-refractivity contribution in [1.29, 1.82) is 0 Å². The molecule has 0 saturated carbocycles. The quantitative estimate of drug-likeness (QED) is 0.302. The Labute approximate surface area is 197 Å². The van der Waals surface area contributed by atoms with Crippen molar-refractivity contribution in [2.24, 2.45) is 0 Å². The van der Waals surface area contributed by atoms with Gasteiger partial charge in [-0.05, 0) is 60.9 Å². The number of hydrogen-bond acceptors (Lipinski definition) is 5. The van der Waals surface area contributed by atoms with Crippen molar-refractivity contribution >= 4 is 46.0 Å². The molecule has 1 saturated heterocycles. The summed E-state index contributed by atoms with van der Waals surface area (Å²) < 4.78 is 12.4. The summed E-state index contributed by atoms with van der Waals surface area (Å²) in [6, 6.07) is 23.3. The number of carbonyl (C=O) groups is 1. The van der Waals surface area contributed by atoms with Crippen molar-refractivity contribution in [3.8, 4) is 11.5 Å². The van der Waals surface area contributed by atoms with Crippen LogP contribution in [0.4, 0.5) is 5.69 Å². The van der Waals surface area contributed by atoms with Crippen LogP contribution in [0, 0.1) is 6.92 Å². The Bertz CT molecular complexity index is 1170. The summed E-state index contributed by atoms with van der Waals surface area (Å²) in [6.45, 7) is 4.97. The molecule has 0 aromatic heterocycles. The van der Waals surface area contributed by atoms with Crippen LogP contribution in [-0.2, 0) is 11.4 Å². The van der Waals surface area contributed by atoms with E-state index in [1.54, 1.807) is 4.90 Å². The van der Waals surface area contributed by atoms with E-state index in [-0.39, 0.29) is 5.91 Å². The predicted octanol–water partition coefficient (Wildman–Crippen LogP) is 6.38. The largest absolute Gasteiger partial charge is 0.490 e. The number of ether oxygens (including phenoxy) is 2. The lowest BCUT2D eigenvalue weighted by Gasteiger charge is -2.14. The predicted molar refractivity (Wildman–Crippen MR) is 135 cm³/mol. The van der Waals surface area contributed by atoms with Gasteiger partial charge in [0.2, 0.25) is 0 Å². The highest BCUT2D eigenvalue weighted by Gasteiger charge is 2.33. The molecule has 0 aliphatic carbocycles. The smallest absolute Gasteiger partial charge is 0.270 e. The second-order valence-electron chi connectivity index (χ2n) is 7.21. The minimum atomic E-state index is -0.121. The van der Waals surface area contributed by atoms with Crippen molar-refractivity contribution in [1.82, 2.24) is 0 Å². The monoisotopic (exact) mass is 461 g/mol. The highest BCUT2D eigenvalue weighted by Crippen LogP contribution is 2.37. The average molecular weight is 462 g/mol. The molecule has 0 N–H and O–H groups in total. The van der Waals surface area contributed by atoms with Crippen molar-refractivity contribution < 1.29 is 14.3 Å². The molecule has 0 radical (unpaired) electrons. The van der Waals surface area contributed by atoms with Gasteiger partial charge in [0.1, 0.15) is 6.61 Å². The van der Waals surface area contributed by atoms with Gasteiger partial charge >= 0.3 is 0 Å². The van der Waals surface area contributed by atoms with Crippen LogP contribution >= 0.6 is 24.0 Å². The van der Waals surface area contributed by atoms with E-state index in [0.29, 0.717) is 33.9 Å². The summed E-state index contributed by atoms with van der Waals surface area (Å²) in [5, 5.41) is 0. The molecule has 1 heterocycles. The number of hydrogen-bond donors (Lipinski definition) is 0. The van der Waals surface area contributed by atoms with E-state index < -0.39 is 0 Å². The standard InChI is InChI=1S/C26H23NO3S2/c1-3-29-23-15-19(13-14-22(23)30-17-20-10-8-7-9-18(20)2)16-24-25(28)27(26(31)32-24)21-11-5-4-6-12-21/h4-16H,3,17H2,1-2H3/b24-16-. The molecular formula is C26H23NO3S2. The molecule has 1 fully saturated rings. The molecule has 1 amide bonds. The number of thioether (sulfide) groups is 1. The number of rotatable bonds is 7. The van der Waals surface area contributed by atoms with Crippen LogP contribution in [0.15, 0.2) is 77.7 Å². The second kappa shape index (κ2) is 10.0. The van der Waals surface area contributed by atoms with E-state index in [1.165, 1.54) is 17.3 Å². The van der Waals surface area contributed by atoms with Crippen LogP contribution in [0.3, 0.4) is 0 Å². The Morgan fingerprint density at radius 3 is 2.47 bits per heavy atom. The van der Waals surface area contributed by atoms with Crippen LogP contribution in [-0.4, -0.2) is 16.8 Å². The highest BCUT2D eigenvalue weighted by molar-refractivity contribution is 8.27. The van der Waals surface area contributed by atoms with Crippen molar-refractivity contribution in [3.05, 3.63) is 94.4 Å². The fourth-order valence-electron chi connectivity index (χ4n) is 3.35. The molecular weight excluding hydrogens is 438 g/mol. The number of aryl methyl sites for hydroxylation is 1.